The highest BCUT2D eigenvalue weighted by Crippen LogP contribution is 2.26. The molecule has 2 amide bonds. The van der Waals surface area contributed by atoms with E-state index in [9.17, 15) is 31.5 Å². The monoisotopic (exact) mass is 409 g/mol. The van der Waals surface area contributed by atoms with Crippen molar-refractivity contribution in [2.45, 2.75) is 12.6 Å². The molecule has 146 valence electrons. The van der Waals surface area contributed by atoms with Crippen LogP contribution in [0.1, 0.15) is 6.42 Å². The molecule has 0 radical (unpaired) electrons. The fourth-order valence-corrected chi connectivity index (χ4v) is 2.51. The van der Waals surface area contributed by atoms with E-state index >= 15 is 0 Å². The van der Waals surface area contributed by atoms with Crippen molar-refractivity contribution in [2.24, 2.45) is 0 Å². The zero-order valence-electron chi connectivity index (χ0n) is 13.4. The molecule has 0 saturated carbocycles. The fraction of sp³-hybridized carbons (Fsp3) is 0.267. The number of benzene rings is 1. The molecule has 0 fully saturated rings. The lowest BCUT2D eigenvalue weighted by atomic mass is 10.2. The number of nitrogens with one attached hydrogen (secondary N) is 2. The Kier molecular flexibility index (Phi) is 6.66. The second kappa shape index (κ2) is 8.75. The number of alkyl halides is 3. The van der Waals surface area contributed by atoms with Crippen LogP contribution in [0.3, 0.4) is 0 Å². The number of amides is 2. The maximum atomic E-state index is 13.2. The van der Waals surface area contributed by atoms with Crippen molar-refractivity contribution in [3.05, 3.63) is 35.2 Å². The summed E-state index contributed by atoms with van der Waals surface area (Å²) in [6.07, 6.45) is -6.17. The van der Waals surface area contributed by atoms with Crippen molar-refractivity contribution >= 4 is 28.5 Å². The number of hydrogen-bond acceptors (Lipinski definition) is 5. The first-order chi connectivity index (χ1) is 12.6. The third kappa shape index (κ3) is 6.81. The van der Waals surface area contributed by atoms with Gasteiger partial charge in [-0.1, -0.05) is 0 Å². The highest BCUT2D eigenvalue weighted by Gasteiger charge is 2.29. The largest absolute Gasteiger partial charge is 0.440 e. The van der Waals surface area contributed by atoms with Gasteiger partial charge in [0.05, 0.1) is 5.69 Å². The molecule has 2 rings (SSSR count). The van der Waals surface area contributed by atoms with Crippen LogP contribution in [0, 0.1) is 11.6 Å². The molecule has 0 spiro atoms. The van der Waals surface area contributed by atoms with Crippen molar-refractivity contribution in [3.8, 4) is 11.3 Å². The normalized spacial score (nSPS) is 11.1. The first-order valence-electron chi connectivity index (χ1n) is 7.32. The molecule has 0 unspecified atom stereocenters. The van der Waals surface area contributed by atoms with Crippen LogP contribution in [-0.4, -0.2) is 36.3 Å². The molecule has 0 atom stereocenters. The second-order valence-corrected chi connectivity index (χ2v) is 5.94. The van der Waals surface area contributed by atoms with E-state index in [-0.39, 0.29) is 18.1 Å². The summed E-state index contributed by atoms with van der Waals surface area (Å²) in [6, 6.07) is 3.24. The third-order valence-electron chi connectivity index (χ3n) is 2.95. The van der Waals surface area contributed by atoms with Gasteiger partial charge in [0.15, 0.2) is 23.4 Å². The van der Waals surface area contributed by atoms with E-state index in [0.29, 0.717) is 11.3 Å². The molecule has 2 aromatic rings. The van der Waals surface area contributed by atoms with Crippen molar-refractivity contribution in [2.75, 3.05) is 18.5 Å². The Balaban J connectivity index is 1.79. The smallest absolute Gasteiger partial charge is 0.422 e. The first kappa shape index (κ1) is 20.6. The Morgan fingerprint density at radius 1 is 1.19 bits per heavy atom. The second-order valence-electron chi connectivity index (χ2n) is 5.08. The Morgan fingerprint density at radius 2 is 1.93 bits per heavy atom. The third-order valence-corrected chi connectivity index (χ3v) is 3.71. The number of carbonyl (C=O) groups excluding carboxylic acids is 2. The van der Waals surface area contributed by atoms with Crippen LogP contribution in [-0.2, 0) is 9.53 Å². The minimum Gasteiger partial charge on any atom is -0.440 e. The molecule has 1 heterocycles. The lowest BCUT2D eigenvalue weighted by molar-refractivity contribution is -0.160. The standard InChI is InChI=1S/C15H12F5N3O3S/c16-9-2-1-8(5-10(9)17)11-6-27-13(22-11)23-12(24)3-4-21-14(25)26-7-15(18,19)20/h1-2,5-6H,3-4,7H2,(H,21,25)(H,22,23,24). The number of halogens is 5. The van der Waals surface area contributed by atoms with Gasteiger partial charge in [-0.25, -0.2) is 18.6 Å². The van der Waals surface area contributed by atoms with E-state index < -0.39 is 36.4 Å². The van der Waals surface area contributed by atoms with Crippen LogP contribution in [0.25, 0.3) is 11.3 Å². The highest BCUT2D eigenvalue weighted by molar-refractivity contribution is 7.14. The number of rotatable bonds is 6. The average molecular weight is 409 g/mol. The maximum Gasteiger partial charge on any atom is 0.422 e. The minimum atomic E-state index is -4.63. The van der Waals surface area contributed by atoms with Gasteiger partial charge in [0.25, 0.3) is 0 Å². The molecule has 0 bridgehead atoms. The summed E-state index contributed by atoms with van der Waals surface area (Å²) < 4.78 is 65.6. The number of nitrogens with zero attached hydrogens (tertiary/aromatic N) is 1. The number of alkyl carbamates (subject to hydrolysis) is 1. The highest BCUT2D eigenvalue weighted by atomic mass is 32.1. The summed E-state index contributed by atoms with van der Waals surface area (Å²) in [7, 11) is 0. The quantitative estimate of drug-likeness (QED) is 0.713. The molecular weight excluding hydrogens is 397 g/mol. The zero-order chi connectivity index (χ0) is 20.0. The van der Waals surface area contributed by atoms with Gasteiger partial charge < -0.3 is 15.4 Å². The van der Waals surface area contributed by atoms with Crippen LogP contribution < -0.4 is 10.6 Å². The van der Waals surface area contributed by atoms with Gasteiger partial charge in [-0.15, -0.1) is 11.3 Å². The molecular formula is C15H12F5N3O3S. The van der Waals surface area contributed by atoms with Crippen LogP contribution in [0.4, 0.5) is 31.9 Å². The van der Waals surface area contributed by atoms with Crippen LogP contribution in [0.2, 0.25) is 0 Å². The molecule has 27 heavy (non-hydrogen) atoms. The summed E-state index contributed by atoms with van der Waals surface area (Å²) >= 11 is 1.04. The van der Waals surface area contributed by atoms with Gasteiger partial charge >= 0.3 is 12.3 Å². The number of aromatic nitrogens is 1. The SMILES string of the molecule is O=C(CCNC(=O)OCC(F)(F)F)Nc1nc(-c2ccc(F)c(F)c2)cs1. The molecule has 12 heteroatoms. The lowest BCUT2D eigenvalue weighted by Gasteiger charge is -2.08. The summed E-state index contributed by atoms with van der Waals surface area (Å²) in [4.78, 5) is 26.8. The molecule has 6 nitrogen and oxygen atoms in total. The molecule has 1 aromatic heterocycles. The first-order valence-corrected chi connectivity index (χ1v) is 8.20. The van der Waals surface area contributed by atoms with Gasteiger partial charge in [0.1, 0.15) is 0 Å². The van der Waals surface area contributed by atoms with E-state index in [1.807, 2.05) is 5.32 Å². The molecule has 2 N–H and O–H groups in total. The van der Waals surface area contributed by atoms with Gasteiger partial charge in [0.2, 0.25) is 5.91 Å². The molecule has 0 aliphatic carbocycles. The van der Waals surface area contributed by atoms with Gasteiger partial charge in [-0.3, -0.25) is 4.79 Å². The number of anilines is 1. The van der Waals surface area contributed by atoms with Gasteiger partial charge in [-0.05, 0) is 18.2 Å². The van der Waals surface area contributed by atoms with Crippen molar-refractivity contribution < 1.29 is 36.3 Å². The molecule has 1 aromatic carbocycles. The summed E-state index contributed by atoms with van der Waals surface area (Å²) in [5.41, 5.74) is 0.641. The summed E-state index contributed by atoms with van der Waals surface area (Å²) in [5, 5.41) is 6.12. The number of thiazole rings is 1. The van der Waals surface area contributed by atoms with E-state index in [4.69, 9.17) is 0 Å². The topological polar surface area (TPSA) is 80.3 Å². The Morgan fingerprint density at radius 3 is 2.59 bits per heavy atom. The predicted molar refractivity (Wildman–Crippen MR) is 86.1 cm³/mol. The van der Waals surface area contributed by atoms with E-state index in [2.05, 4.69) is 15.0 Å². The van der Waals surface area contributed by atoms with Crippen molar-refractivity contribution in [1.82, 2.24) is 10.3 Å². The fourth-order valence-electron chi connectivity index (χ4n) is 1.78. The van der Waals surface area contributed by atoms with E-state index in [1.165, 1.54) is 11.4 Å². The number of ether oxygens (including phenoxy) is 1. The lowest BCUT2D eigenvalue weighted by Crippen LogP contribution is -2.31. The molecule has 0 saturated heterocycles. The van der Waals surface area contributed by atoms with E-state index in [0.717, 1.165) is 23.5 Å². The zero-order valence-corrected chi connectivity index (χ0v) is 14.2. The van der Waals surface area contributed by atoms with Crippen LogP contribution >= 0.6 is 11.3 Å². The number of carbonyl (C=O) groups is 2. The van der Waals surface area contributed by atoms with Gasteiger partial charge in [-0.2, -0.15) is 13.2 Å². The minimum absolute atomic E-state index is 0.180. The summed E-state index contributed by atoms with van der Waals surface area (Å²) in [6.45, 7) is -1.97. The maximum absolute atomic E-state index is 13.2. The number of hydrogen-bond donors (Lipinski definition) is 2. The van der Waals surface area contributed by atoms with Crippen LogP contribution in [0.15, 0.2) is 23.6 Å². The molecule has 0 aliphatic heterocycles. The van der Waals surface area contributed by atoms with Crippen LogP contribution in [0.5, 0.6) is 0 Å². The van der Waals surface area contributed by atoms with Gasteiger partial charge in [0, 0.05) is 23.9 Å². The predicted octanol–water partition coefficient (Wildman–Crippen LogP) is 3.71. The Bertz CT molecular complexity index is 825. The Hall–Kier alpha value is -2.76. The summed E-state index contributed by atoms with van der Waals surface area (Å²) in [5.74, 6) is -2.59. The molecule has 0 aliphatic rings. The van der Waals surface area contributed by atoms with Crippen molar-refractivity contribution in [1.29, 1.82) is 0 Å². The average Bonchev–Trinajstić information content (AvgIpc) is 3.03. The van der Waals surface area contributed by atoms with Crippen molar-refractivity contribution in [3.63, 3.8) is 0 Å². The Labute approximate surface area is 153 Å². The van der Waals surface area contributed by atoms with E-state index in [1.54, 1.807) is 0 Å².